The number of rotatable bonds is 10. The molecule has 0 bridgehead atoms. The Hall–Kier alpha value is -3.63. The molecule has 3 N–H and O–H groups in total. The van der Waals surface area contributed by atoms with Crippen LogP contribution in [0.3, 0.4) is 0 Å². The number of aliphatic hydroxyl groups is 1. The number of aryl methyl sites for hydroxylation is 1. The van der Waals surface area contributed by atoms with Crippen molar-refractivity contribution in [1.82, 2.24) is 20.3 Å². The van der Waals surface area contributed by atoms with Crippen LogP contribution in [0.15, 0.2) is 36.5 Å². The lowest BCUT2D eigenvalue weighted by Crippen LogP contribution is -2.34. The van der Waals surface area contributed by atoms with Crippen LogP contribution in [0.1, 0.15) is 40.0 Å². The van der Waals surface area contributed by atoms with E-state index in [0.717, 1.165) is 29.7 Å². The van der Waals surface area contributed by atoms with Gasteiger partial charge in [-0.2, -0.15) is 9.97 Å². The molecule has 37 heavy (non-hydrogen) atoms. The molecular formula is C26H31ClN6O4. The number of halogens is 1. The average molecular weight is 527 g/mol. The Labute approximate surface area is 221 Å². The van der Waals surface area contributed by atoms with Crippen molar-refractivity contribution in [3.05, 3.63) is 63.9 Å². The number of nitrogens with one attached hydrogen (secondary N) is 2. The summed E-state index contributed by atoms with van der Waals surface area (Å²) in [6, 6.07) is 9.10. The number of methoxy groups -OCH3 is 2. The van der Waals surface area contributed by atoms with E-state index in [0.29, 0.717) is 35.6 Å². The Bertz CT molecular complexity index is 1260. The highest BCUT2D eigenvalue weighted by Crippen LogP contribution is 2.31. The number of benzene rings is 1. The van der Waals surface area contributed by atoms with E-state index in [1.807, 2.05) is 30.0 Å². The fraction of sp³-hybridized carbons (Fsp3) is 0.385. The maximum Gasteiger partial charge on any atom is 0.260 e. The number of carbonyl (C=O) groups is 1. The maximum atomic E-state index is 13.4. The minimum atomic E-state index is -0.387. The number of anilines is 2. The van der Waals surface area contributed by atoms with Gasteiger partial charge in [-0.25, -0.2) is 0 Å². The molecule has 0 radical (unpaired) electrons. The van der Waals surface area contributed by atoms with Crippen molar-refractivity contribution in [2.24, 2.45) is 0 Å². The average Bonchev–Trinajstić information content (AvgIpc) is 3.40. The second-order valence-corrected chi connectivity index (χ2v) is 9.09. The van der Waals surface area contributed by atoms with Crippen LogP contribution in [0.4, 0.5) is 11.8 Å². The van der Waals surface area contributed by atoms with E-state index in [1.165, 1.54) is 7.11 Å². The Morgan fingerprint density at radius 1 is 1.22 bits per heavy atom. The Morgan fingerprint density at radius 3 is 2.76 bits per heavy atom. The molecule has 1 aliphatic rings. The SMILES string of the molecule is COc1ccc(CNc2nc(N3CCC[C@H]3CO)nc(OC)c2C(=O)NCc2cccnc2C)cc1Cl. The third-order valence-electron chi connectivity index (χ3n) is 6.36. The van der Waals surface area contributed by atoms with Crippen molar-refractivity contribution < 1.29 is 19.4 Å². The lowest BCUT2D eigenvalue weighted by molar-refractivity contribution is 0.0947. The number of aliphatic hydroxyl groups excluding tert-OH is 1. The molecule has 1 saturated heterocycles. The summed E-state index contributed by atoms with van der Waals surface area (Å²) in [5.41, 5.74) is 2.79. The zero-order chi connectivity index (χ0) is 26.4. The van der Waals surface area contributed by atoms with Gasteiger partial charge in [0.15, 0.2) is 0 Å². The molecule has 1 aromatic carbocycles. The second kappa shape index (κ2) is 12.1. The molecule has 4 rings (SSSR count). The summed E-state index contributed by atoms with van der Waals surface area (Å²) in [5, 5.41) is 16.5. The van der Waals surface area contributed by atoms with Gasteiger partial charge < -0.3 is 30.1 Å². The molecule has 2 aromatic heterocycles. The number of nitrogens with zero attached hydrogens (tertiary/aromatic N) is 4. The van der Waals surface area contributed by atoms with E-state index in [1.54, 1.807) is 25.4 Å². The quantitative estimate of drug-likeness (QED) is 0.365. The van der Waals surface area contributed by atoms with E-state index in [4.69, 9.17) is 26.1 Å². The van der Waals surface area contributed by atoms with Gasteiger partial charge >= 0.3 is 0 Å². The van der Waals surface area contributed by atoms with Crippen molar-refractivity contribution in [3.8, 4) is 11.6 Å². The van der Waals surface area contributed by atoms with Gasteiger partial charge in [0.2, 0.25) is 11.8 Å². The molecule has 3 aromatic rings. The van der Waals surface area contributed by atoms with Crippen molar-refractivity contribution in [1.29, 1.82) is 0 Å². The van der Waals surface area contributed by atoms with Crippen LogP contribution >= 0.6 is 11.6 Å². The van der Waals surface area contributed by atoms with Gasteiger partial charge in [0, 0.05) is 31.5 Å². The molecule has 0 spiro atoms. The first kappa shape index (κ1) is 26.4. The normalized spacial score (nSPS) is 14.9. The molecule has 11 heteroatoms. The number of pyridine rings is 1. The Balaban J connectivity index is 1.66. The largest absolute Gasteiger partial charge is 0.495 e. The first-order chi connectivity index (χ1) is 17.9. The van der Waals surface area contributed by atoms with Crippen molar-refractivity contribution in [2.75, 3.05) is 37.6 Å². The summed E-state index contributed by atoms with van der Waals surface area (Å²) < 4.78 is 10.8. The van der Waals surface area contributed by atoms with E-state index in [9.17, 15) is 9.90 Å². The molecule has 0 aliphatic carbocycles. The highest BCUT2D eigenvalue weighted by molar-refractivity contribution is 6.32. The van der Waals surface area contributed by atoms with Crippen LogP contribution in [0.25, 0.3) is 0 Å². The number of aromatic nitrogens is 3. The van der Waals surface area contributed by atoms with Crippen molar-refractivity contribution in [2.45, 2.75) is 38.9 Å². The topological polar surface area (TPSA) is 122 Å². The summed E-state index contributed by atoms with van der Waals surface area (Å²) in [4.78, 5) is 28.9. The third-order valence-corrected chi connectivity index (χ3v) is 6.66. The van der Waals surface area contributed by atoms with Crippen molar-refractivity contribution in [3.63, 3.8) is 0 Å². The molecular weight excluding hydrogens is 496 g/mol. The zero-order valence-electron chi connectivity index (χ0n) is 21.1. The minimum Gasteiger partial charge on any atom is -0.495 e. The van der Waals surface area contributed by atoms with Crippen LogP contribution in [-0.2, 0) is 13.1 Å². The van der Waals surface area contributed by atoms with E-state index in [2.05, 4.69) is 20.6 Å². The molecule has 1 atom stereocenters. The molecule has 1 fully saturated rings. The highest BCUT2D eigenvalue weighted by atomic mass is 35.5. The monoisotopic (exact) mass is 526 g/mol. The third kappa shape index (κ3) is 6.03. The molecule has 0 saturated carbocycles. The van der Waals surface area contributed by atoms with E-state index in [-0.39, 0.29) is 36.5 Å². The van der Waals surface area contributed by atoms with Crippen LogP contribution in [0.5, 0.6) is 11.6 Å². The fourth-order valence-corrected chi connectivity index (χ4v) is 4.58. The van der Waals surface area contributed by atoms with Crippen molar-refractivity contribution >= 4 is 29.3 Å². The first-order valence-corrected chi connectivity index (χ1v) is 12.4. The van der Waals surface area contributed by atoms with Gasteiger partial charge in [-0.1, -0.05) is 23.7 Å². The number of hydrogen-bond acceptors (Lipinski definition) is 9. The number of amides is 1. The summed E-state index contributed by atoms with van der Waals surface area (Å²) in [5.74, 6) is 1.04. The minimum absolute atomic E-state index is 0.00845. The molecule has 1 aliphatic heterocycles. The van der Waals surface area contributed by atoms with Crippen LogP contribution in [0, 0.1) is 6.92 Å². The van der Waals surface area contributed by atoms with Gasteiger partial charge in [0.25, 0.3) is 5.91 Å². The summed E-state index contributed by atoms with van der Waals surface area (Å²) in [6.45, 7) is 3.21. The maximum absolute atomic E-state index is 13.4. The predicted molar refractivity (Wildman–Crippen MR) is 142 cm³/mol. The second-order valence-electron chi connectivity index (χ2n) is 8.68. The lowest BCUT2D eigenvalue weighted by atomic mass is 10.2. The Morgan fingerprint density at radius 2 is 2.05 bits per heavy atom. The smallest absolute Gasteiger partial charge is 0.260 e. The van der Waals surface area contributed by atoms with Crippen LogP contribution in [-0.4, -0.2) is 59.4 Å². The Kier molecular flexibility index (Phi) is 8.62. The van der Waals surface area contributed by atoms with Gasteiger partial charge in [0.05, 0.1) is 31.9 Å². The molecule has 196 valence electrons. The van der Waals surface area contributed by atoms with Gasteiger partial charge in [0.1, 0.15) is 17.1 Å². The number of ether oxygens (including phenoxy) is 2. The van der Waals surface area contributed by atoms with Gasteiger partial charge in [-0.3, -0.25) is 9.78 Å². The predicted octanol–water partition coefficient (Wildman–Crippen LogP) is 3.35. The van der Waals surface area contributed by atoms with Gasteiger partial charge in [-0.15, -0.1) is 0 Å². The van der Waals surface area contributed by atoms with E-state index >= 15 is 0 Å². The first-order valence-electron chi connectivity index (χ1n) is 12.0. The van der Waals surface area contributed by atoms with Gasteiger partial charge in [-0.05, 0) is 49.1 Å². The lowest BCUT2D eigenvalue weighted by Gasteiger charge is -2.25. The number of hydrogen-bond donors (Lipinski definition) is 3. The van der Waals surface area contributed by atoms with Crippen LogP contribution < -0.4 is 25.0 Å². The molecule has 3 heterocycles. The molecule has 10 nitrogen and oxygen atoms in total. The molecule has 1 amide bonds. The standard InChI is InChI=1S/C26H31ClN6O4/c1-16-18(6-4-10-28-16)14-30-24(35)22-23(29-13-17-8-9-21(36-2)20(27)12-17)31-26(32-25(22)37-3)33-11-5-7-19(33)15-34/h4,6,8-10,12,19,34H,5,7,11,13-15H2,1-3H3,(H,30,35)(H,29,31,32)/t19-/m0/s1. The summed E-state index contributed by atoms with van der Waals surface area (Å²) >= 11 is 6.30. The summed E-state index contributed by atoms with van der Waals surface area (Å²) in [6.07, 6.45) is 3.46. The fourth-order valence-electron chi connectivity index (χ4n) is 4.30. The zero-order valence-corrected chi connectivity index (χ0v) is 21.9. The van der Waals surface area contributed by atoms with Crippen LogP contribution in [0.2, 0.25) is 5.02 Å². The summed E-state index contributed by atoms with van der Waals surface area (Å²) in [7, 11) is 3.03. The molecule has 0 unspecified atom stereocenters. The number of carbonyl (C=O) groups excluding carboxylic acids is 1. The van der Waals surface area contributed by atoms with E-state index < -0.39 is 0 Å². The highest BCUT2D eigenvalue weighted by Gasteiger charge is 2.30.